The highest BCUT2D eigenvalue weighted by Crippen LogP contribution is 2.45. The molecule has 0 atom stereocenters. The number of fused-ring (bicyclic) bond motifs is 1. The maximum atomic E-state index is 13.3. The minimum atomic E-state index is -0.540. The first-order valence-corrected chi connectivity index (χ1v) is 11.6. The van der Waals surface area contributed by atoms with Crippen LogP contribution in [0.3, 0.4) is 0 Å². The molecule has 6 rings (SSSR count). The molecule has 2 saturated heterocycles. The number of likely N-dealkylation sites (tertiary alicyclic amines) is 1. The smallest absolute Gasteiger partial charge is 0.275 e. The molecule has 0 unspecified atom stereocenters. The van der Waals surface area contributed by atoms with Crippen molar-refractivity contribution in [2.45, 2.75) is 26.3 Å². The predicted octanol–water partition coefficient (Wildman–Crippen LogP) is 3.89. The fourth-order valence-corrected chi connectivity index (χ4v) is 5.70. The molecule has 5 heterocycles. The van der Waals surface area contributed by atoms with Crippen molar-refractivity contribution in [2.75, 3.05) is 36.0 Å². The molecule has 2 aromatic heterocycles. The van der Waals surface area contributed by atoms with Gasteiger partial charge in [0.2, 0.25) is 0 Å². The van der Waals surface area contributed by atoms with E-state index in [2.05, 4.69) is 14.9 Å². The Morgan fingerprint density at radius 2 is 1.82 bits per heavy atom. The zero-order chi connectivity index (χ0) is 23.8. The van der Waals surface area contributed by atoms with Crippen molar-refractivity contribution >= 4 is 34.8 Å². The third kappa shape index (κ3) is 3.05. The molecule has 34 heavy (non-hydrogen) atoms. The second-order valence-corrected chi connectivity index (χ2v) is 10.5. The zero-order valence-electron chi connectivity index (χ0n) is 19.2. The molecule has 0 N–H and O–H groups in total. The van der Waals surface area contributed by atoms with Gasteiger partial charge in [-0.25, -0.2) is 4.98 Å². The molecule has 2 amide bonds. The number of aromatic nitrogens is 2. The molecule has 1 aromatic carbocycles. The Labute approximate surface area is 202 Å². The highest BCUT2D eigenvalue weighted by molar-refractivity contribution is 6.31. The largest absolute Gasteiger partial charge is 0.448 e. The third-order valence-electron chi connectivity index (χ3n) is 7.20. The number of pyridine rings is 1. The van der Waals surface area contributed by atoms with E-state index in [4.69, 9.17) is 16.0 Å². The number of rotatable bonds is 3. The van der Waals surface area contributed by atoms with Gasteiger partial charge in [-0.05, 0) is 43.7 Å². The van der Waals surface area contributed by atoms with Gasteiger partial charge in [-0.1, -0.05) is 11.6 Å². The van der Waals surface area contributed by atoms with Crippen molar-refractivity contribution in [3.8, 4) is 0 Å². The molecule has 2 fully saturated rings. The number of hydrogen-bond donors (Lipinski definition) is 0. The van der Waals surface area contributed by atoms with Crippen LogP contribution in [0.2, 0.25) is 5.02 Å². The molecular formula is C25H24ClN5O3. The topological polar surface area (TPSA) is 82.8 Å². The van der Waals surface area contributed by atoms with Gasteiger partial charge in [0.15, 0.2) is 11.6 Å². The van der Waals surface area contributed by atoms with Crippen LogP contribution >= 0.6 is 11.6 Å². The summed E-state index contributed by atoms with van der Waals surface area (Å²) >= 11 is 6.22. The molecule has 3 aliphatic heterocycles. The Balaban J connectivity index is 1.16. The van der Waals surface area contributed by atoms with Crippen LogP contribution < -0.4 is 9.80 Å². The lowest BCUT2D eigenvalue weighted by Crippen LogP contribution is -2.73. The van der Waals surface area contributed by atoms with Gasteiger partial charge in [-0.2, -0.15) is 0 Å². The van der Waals surface area contributed by atoms with Gasteiger partial charge in [0.25, 0.3) is 11.8 Å². The second-order valence-electron chi connectivity index (χ2n) is 10.1. The number of halogens is 1. The van der Waals surface area contributed by atoms with Crippen molar-refractivity contribution < 1.29 is 14.0 Å². The van der Waals surface area contributed by atoms with Crippen LogP contribution in [0, 0.1) is 12.3 Å². The van der Waals surface area contributed by atoms with Gasteiger partial charge >= 0.3 is 0 Å². The van der Waals surface area contributed by atoms with Crippen LogP contribution in [0.4, 0.5) is 11.4 Å². The van der Waals surface area contributed by atoms with Gasteiger partial charge in [0.1, 0.15) is 6.26 Å². The minimum absolute atomic E-state index is 0.0491. The van der Waals surface area contributed by atoms with Crippen molar-refractivity contribution in [2.24, 2.45) is 5.41 Å². The van der Waals surface area contributed by atoms with Crippen LogP contribution in [-0.4, -0.2) is 52.9 Å². The quantitative estimate of drug-likeness (QED) is 0.569. The van der Waals surface area contributed by atoms with E-state index < -0.39 is 5.54 Å². The molecule has 3 aromatic rings. The van der Waals surface area contributed by atoms with Crippen molar-refractivity contribution in [3.63, 3.8) is 0 Å². The average Bonchev–Trinajstić information content (AvgIpc) is 3.25. The number of carbonyl (C=O) groups is 2. The van der Waals surface area contributed by atoms with Crippen LogP contribution in [-0.2, 0) is 5.54 Å². The number of carbonyl (C=O) groups excluding carboxylic acids is 2. The number of oxazole rings is 1. The Bertz CT molecular complexity index is 1340. The summed E-state index contributed by atoms with van der Waals surface area (Å²) in [6.07, 6.45) is 4.98. The monoisotopic (exact) mass is 477 g/mol. The molecule has 0 radical (unpaired) electrons. The summed E-state index contributed by atoms with van der Waals surface area (Å²) in [5.41, 5.74) is 3.23. The third-order valence-corrected chi connectivity index (χ3v) is 7.43. The Morgan fingerprint density at radius 1 is 1.09 bits per heavy atom. The maximum Gasteiger partial charge on any atom is 0.275 e. The summed E-state index contributed by atoms with van der Waals surface area (Å²) in [4.78, 5) is 40.2. The first-order chi connectivity index (χ1) is 16.2. The number of aryl methyl sites for hydroxylation is 1. The number of benzene rings is 1. The summed E-state index contributed by atoms with van der Waals surface area (Å²) in [7, 11) is 0. The van der Waals surface area contributed by atoms with Crippen molar-refractivity contribution in [1.29, 1.82) is 0 Å². The van der Waals surface area contributed by atoms with E-state index in [0.717, 1.165) is 30.0 Å². The number of nitrogens with zero attached hydrogens (tertiary/aromatic N) is 5. The number of amides is 2. The van der Waals surface area contributed by atoms with E-state index in [1.54, 1.807) is 30.2 Å². The molecule has 0 saturated carbocycles. The van der Waals surface area contributed by atoms with E-state index in [0.29, 0.717) is 35.3 Å². The molecule has 8 nitrogen and oxygen atoms in total. The molecular weight excluding hydrogens is 454 g/mol. The highest BCUT2D eigenvalue weighted by atomic mass is 35.5. The van der Waals surface area contributed by atoms with E-state index in [9.17, 15) is 9.59 Å². The van der Waals surface area contributed by atoms with Gasteiger partial charge in [-0.3, -0.25) is 19.5 Å². The van der Waals surface area contributed by atoms with Crippen molar-refractivity contribution in [3.05, 3.63) is 70.7 Å². The summed E-state index contributed by atoms with van der Waals surface area (Å²) in [6.45, 7) is 8.86. The van der Waals surface area contributed by atoms with Gasteiger partial charge < -0.3 is 14.2 Å². The maximum absolute atomic E-state index is 13.3. The minimum Gasteiger partial charge on any atom is -0.448 e. The summed E-state index contributed by atoms with van der Waals surface area (Å²) in [5.74, 6) is 0.359. The Hall–Kier alpha value is -3.39. The molecule has 1 spiro atoms. The SMILES string of the molecule is Cc1nc(C(=O)N2CC3(C2)CN(c2cncc(N4C(=O)c5ccc(Cl)cc5C4(C)C)c2)C3)co1. The first-order valence-electron chi connectivity index (χ1n) is 11.2. The normalized spacial score (nSPS) is 19.8. The molecule has 0 aliphatic carbocycles. The second kappa shape index (κ2) is 7.06. The summed E-state index contributed by atoms with van der Waals surface area (Å²) in [6, 6.07) is 7.44. The molecule has 9 heteroatoms. The average molecular weight is 478 g/mol. The molecule has 3 aliphatic rings. The standard InChI is InChI=1S/C25H24ClN5O3/c1-15-28-21(10-34-15)23(33)30-13-25(14-30)11-29(12-25)17-7-18(9-27-8-17)31-22(32)19-5-4-16(26)6-20(19)24(31,2)3/h4-10H,11-14H2,1-3H3. The number of anilines is 2. The van der Waals surface area contributed by atoms with Gasteiger partial charge in [0.05, 0.1) is 29.3 Å². The van der Waals surface area contributed by atoms with Crippen LogP contribution in [0.5, 0.6) is 0 Å². The van der Waals surface area contributed by atoms with Crippen LogP contribution in [0.25, 0.3) is 0 Å². The summed E-state index contributed by atoms with van der Waals surface area (Å²) in [5, 5.41) is 0.617. The highest BCUT2D eigenvalue weighted by Gasteiger charge is 2.54. The molecule has 0 bridgehead atoms. The fraction of sp³-hybridized carbons (Fsp3) is 0.360. The van der Waals surface area contributed by atoms with Crippen LogP contribution in [0.1, 0.15) is 46.1 Å². The van der Waals surface area contributed by atoms with Gasteiger partial charge in [0, 0.05) is 49.1 Å². The first kappa shape index (κ1) is 21.2. The zero-order valence-corrected chi connectivity index (χ0v) is 20.0. The summed E-state index contributed by atoms with van der Waals surface area (Å²) < 4.78 is 5.17. The van der Waals surface area contributed by atoms with E-state index >= 15 is 0 Å². The van der Waals surface area contributed by atoms with E-state index in [1.807, 2.05) is 37.1 Å². The van der Waals surface area contributed by atoms with Gasteiger partial charge in [-0.15, -0.1) is 0 Å². The molecule has 174 valence electrons. The van der Waals surface area contributed by atoms with E-state index in [1.165, 1.54) is 6.26 Å². The van der Waals surface area contributed by atoms with Crippen LogP contribution in [0.15, 0.2) is 47.3 Å². The Kier molecular flexibility index (Phi) is 4.39. The van der Waals surface area contributed by atoms with E-state index in [-0.39, 0.29) is 17.2 Å². The lowest BCUT2D eigenvalue weighted by atomic mass is 9.72. The fourth-order valence-electron chi connectivity index (χ4n) is 5.53. The lowest BCUT2D eigenvalue weighted by molar-refractivity contribution is -0.0109. The lowest BCUT2D eigenvalue weighted by Gasteiger charge is -2.60. The van der Waals surface area contributed by atoms with Crippen molar-refractivity contribution in [1.82, 2.24) is 14.9 Å². The number of hydrogen-bond acceptors (Lipinski definition) is 6. The predicted molar refractivity (Wildman–Crippen MR) is 127 cm³/mol. The Morgan fingerprint density at radius 3 is 2.53 bits per heavy atom.